The van der Waals surface area contributed by atoms with Gasteiger partial charge in [-0.15, -0.1) is 0 Å². The largest absolute Gasteiger partial charge is 0.381 e. The van der Waals surface area contributed by atoms with Crippen LogP contribution in [0.25, 0.3) is 0 Å². The van der Waals surface area contributed by atoms with Crippen molar-refractivity contribution in [1.82, 2.24) is 5.32 Å². The zero-order chi connectivity index (χ0) is 9.40. The fraction of sp³-hybridized carbons (Fsp3) is 1.00. The SMILES string of the molecule is CC(C)COCCCNC(C)C.[HH]. The van der Waals surface area contributed by atoms with Crippen LogP contribution in [0.15, 0.2) is 0 Å². The van der Waals surface area contributed by atoms with Gasteiger partial charge in [0.2, 0.25) is 0 Å². The number of hydrogen-bond donors (Lipinski definition) is 1. The molecule has 0 fully saturated rings. The highest BCUT2D eigenvalue weighted by atomic mass is 16.5. The van der Waals surface area contributed by atoms with E-state index in [-0.39, 0.29) is 1.43 Å². The van der Waals surface area contributed by atoms with E-state index in [1.54, 1.807) is 0 Å². The first-order valence-electron chi connectivity index (χ1n) is 4.94. The molecule has 0 atom stereocenters. The molecular formula is C10H25NO. The van der Waals surface area contributed by atoms with Crippen molar-refractivity contribution in [1.29, 1.82) is 0 Å². The standard InChI is InChI=1S/C10H23NO.H2/c1-9(2)8-12-7-5-6-11-10(3)4;/h9-11H,5-8H2,1-4H3;1H. The van der Waals surface area contributed by atoms with Gasteiger partial charge in [0.05, 0.1) is 0 Å². The van der Waals surface area contributed by atoms with E-state index in [2.05, 4.69) is 33.0 Å². The Bertz CT molecular complexity index is 84.9. The molecule has 0 radical (unpaired) electrons. The summed E-state index contributed by atoms with van der Waals surface area (Å²) in [6, 6.07) is 0.593. The second kappa shape index (κ2) is 7.56. The summed E-state index contributed by atoms with van der Waals surface area (Å²) in [5, 5.41) is 3.35. The van der Waals surface area contributed by atoms with Crippen molar-refractivity contribution >= 4 is 0 Å². The van der Waals surface area contributed by atoms with E-state index < -0.39 is 0 Å². The van der Waals surface area contributed by atoms with Gasteiger partial charge in [0.15, 0.2) is 0 Å². The molecule has 0 rings (SSSR count). The summed E-state index contributed by atoms with van der Waals surface area (Å²) >= 11 is 0. The van der Waals surface area contributed by atoms with Crippen LogP contribution in [-0.4, -0.2) is 25.8 Å². The van der Waals surface area contributed by atoms with Crippen LogP contribution in [0.5, 0.6) is 0 Å². The molecule has 0 aliphatic rings. The lowest BCUT2D eigenvalue weighted by Gasteiger charge is -2.09. The molecule has 12 heavy (non-hydrogen) atoms. The maximum atomic E-state index is 5.44. The molecule has 0 heterocycles. The predicted octanol–water partition coefficient (Wildman–Crippen LogP) is 2.29. The Kier molecular flexibility index (Phi) is 7.51. The highest BCUT2D eigenvalue weighted by molar-refractivity contribution is 4.51. The molecule has 2 nitrogen and oxygen atoms in total. The van der Waals surface area contributed by atoms with Crippen LogP contribution in [0.3, 0.4) is 0 Å². The minimum absolute atomic E-state index is 0. The van der Waals surface area contributed by atoms with E-state index in [1.165, 1.54) is 0 Å². The van der Waals surface area contributed by atoms with E-state index >= 15 is 0 Å². The molecule has 0 aromatic carbocycles. The molecule has 2 heteroatoms. The Hall–Kier alpha value is -0.0800. The molecule has 0 unspecified atom stereocenters. The third-order valence-corrected chi connectivity index (χ3v) is 1.47. The smallest absolute Gasteiger partial charge is 0.0489 e. The molecule has 0 aromatic rings. The van der Waals surface area contributed by atoms with Crippen LogP contribution >= 0.6 is 0 Å². The number of nitrogens with one attached hydrogen (secondary N) is 1. The molecule has 0 spiro atoms. The summed E-state index contributed by atoms with van der Waals surface area (Å²) < 4.78 is 5.44. The van der Waals surface area contributed by atoms with E-state index in [0.29, 0.717) is 12.0 Å². The van der Waals surface area contributed by atoms with Gasteiger partial charge in [0.1, 0.15) is 0 Å². The monoisotopic (exact) mass is 175 g/mol. The fourth-order valence-electron chi connectivity index (χ4n) is 0.884. The first-order valence-corrected chi connectivity index (χ1v) is 4.94. The summed E-state index contributed by atoms with van der Waals surface area (Å²) in [6.45, 7) is 11.5. The minimum Gasteiger partial charge on any atom is -0.381 e. The summed E-state index contributed by atoms with van der Waals surface area (Å²) in [5.74, 6) is 0.656. The predicted molar refractivity (Wildman–Crippen MR) is 55.5 cm³/mol. The van der Waals surface area contributed by atoms with Crippen LogP contribution in [0.2, 0.25) is 0 Å². The Morgan fingerprint density at radius 1 is 1.25 bits per heavy atom. The van der Waals surface area contributed by atoms with Crippen molar-refractivity contribution in [2.75, 3.05) is 19.8 Å². The molecule has 0 amide bonds. The second-order valence-corrected chi connectivity index (χ2v) is 3.93. The average Bonchev–Trinajstić information content (AvgIpc) is 1.95. The van der Waals surface area contributed by atoms with Gasteiger partial charge in [0, 0.05) is 20.7 Å². The second-order valence-electron chi connectivity index (χ2n) is 3.93. The van der Waals surface area contributed by atoms with E-state index in [9.17, 15) is 0 Å². The number of rotatable bonds is 7. The van der Waals surface area contributed by atoms with Crippen molar-refractivity contribution < 1.29 is 6.16 Å². The molecule has 1 N–H and O–H groups in total. The normalized spacial score (nSPS) is 11.5. The molecule has 0 saturated carbocycles. The first kappa shape index (κ1) is 11.9. The Morgan fingerprint density at radius 3 is 2.42 bits per heavy atom. The van der Waals surface area contributed by atoms with Crippen LogP contribution in [0, 0.1) is 5.92 Å². The topological polar surface area (TPSA) is 21.3 Å². The van der Waals surface area contributed by atoms with E-state index in [1.807, 2.05) is 0 Å². The quantitative estimate of drug-likeness (QED) is 0.599. The van der Waals surface area contributed by atoms with Crippen molar-refractivity contribution in [2.45, 2.75) is 40.2 Å². The van der Waals surface area contributed by atoms with E-state index in [4.69, 9.17) is 4.74 Å². The number of hydrogen-bond acceptors (Lipinski definition) is 2. The van der Waals surface area contributed by atoms with Crippen molar-refractivity contribution in [3.8, 4) is 0 Å². The fourth-order valence-corrected chi connectivity index (χ4v) is 0.884. The van der Waals surface area contributed by atoms with Crippen molar-refractivity contribution in [2.24, 2.45) is 5.92 Å². The van der Waals surface area contributed by atoms with Gasteiger partial charge in [-0.25, -0.2) is 0 Å². The van der Waals surface area contributed by atoms with Gasteiger partial charge in [-0.1, -0.05) is 27.7 Å². The summed E-state index contributed by atoms with van der Waals surface area (Å²) in [7, 11) is 0. The molecule has 76 valence electrons. The van der Waals surface area contributed by atoms with Crippen LogP contribution < -0.4 is 5.32 Å². The van der Waals surface area contributed by atoms with Crippen LogP contribution in [0.4, 0.5) is 0 Å². The third-order valence-electron chi connectivity index (χ3n) is 1.47. The van der Waals surface area contributed by atoms with Gasteiger partial charge in [0.25, 0.3) is 0 Å². The molecule has 0 aliphatic carbocycles. The first-order chi connectivity index (χ1) is 5.63. The van der Waals surface area contributed by atoms with Gasteiger partial charge in [-0.2, -0.15) is 0 Å². The lowest BCUT2D eigenvalue weighted by molar-refractivity contribution is 0.107. The molecule has 0 bridgehead atoms. The molecule has 0 aliphatic heterocycles. The Balaban J connectivity index is 0. The average molecular weight is 175 g/mol. The summed E-state index contributed by atoms with van der Waals surface area (Å²) in [6.07, 6.45) is 1.12. The highest BCUT2D eigenvalue weighted by Crippen LogP contribution is 1.92. The molecular weight excluding hydrogens is 150 g/mol. The Labute approximate surface area is 78.2 Å². The third kappa shape index (κ3) is 9.92. The minimum atomic E-state index is 0. The van der Waals surface area contributed by atoms with Crippen molar-refractivity contribution in [3.63, 3.8) is 0 Å². The number of ether oxygens (including phenoxy) is 1. The lowest BCUT2D eigenvalue weighted by atomic mass is 10.2. The molecule has 0 aromatic heterocycles. The van der Waals surface area contributed by atoms with Crippen LogP contribution in [-0.2, 0) is 4.74 Å². The maximum Gasteiger partial charge on any atom is 0.0489 e. The van der Waals surface area contributed by atoms with Crippen LogP contribution in [0.1, 0.15) is 35.5 Å². The van der Waals surface area contributed by atoms with Gasteiger partial charge >= 0.3 is 0 Å². The summed E-state index contributed by atoms with van der Waals surface area (Å²) in [4.78, 5) is 0. The highest BCUT2D eigenvalue weighted by Gasteiger charge is 1.94. The van der Waals surface area contributed by atoms with Crippen molar-refractivity contribution in [3.05, 3.63) is 0 Å². The van der Waals surface area contributed by atoms with Gasteiger partial charge < -0.3 is 10.1 Å². The summed E-state index contributed by atoms with van der Waals surface area (Å²) in [5.41, 5.74) is 0. The van der Waals surface area contributed by atoms with Gasteiger partial charge in [-0.3, -0.25) is 0 Å². The Morgan fingerprint density at radius 2 is 1.92 bits per heavy atom. The van der Waals surface area contributed by atoms with E-state index in [0.717, 1.165) is 26.2 Å². The molecule has 0 saturated heterocycles. The zero-order valence-electron chi connectivity index (χ0n) is 8.89. The maximum absolute atomic E-state index is 5.44. The lowest BCUT2D eigenvalue weighted by Crippen LogP contribution is -2.24. The van der Waals surface area contributed by atoms with Gasteiger partial charge in [-0.05, 0) is 18.9 Å². The zero-order valence-corrected chi connectivity index (χ0v) is 8.89.